The number of hydrogen-bond donors (Lipinski definition) is 0. The second kappa shape index (κ2) is 5.15. The Morgan fingerprint density at radius 3 is 2.19 bits per heavy atom. The molecule has 0 heterocycles. The second-order valence-corrected chi connectivity index (χ2v) is 5.19. The Hall–Kier alpha value is -1.31. The van der Waals surface area contributed by atoms with Gasteiger partial charge in [-0.15, -0.1) is 0 Å². The molecule has 0 fully saturated rings. The van der Waals surface area contributed by atoms with E-state index in [1.165, 1.54) is 5.56 Å². The van der Waals surface area contributed by atoms with E-state index in [1.807, 2.05) is 45.0 Å². The lowest BCUT2D eigenvalue weighted by atomic mass is 9.99. The number of rotatable bonds is 3. The number of hydrogen-bond acceptors (Lipinski definition) is 2. The molecule has 1 rings (SSSR count). The van der Waals surface area contributed by atoms with E-state index < -0.39 is 0 Å². The van der Waals surface area contributed by atoms with Crippen LogP contribution in [0.3, 0.4) is 0 Å². The van der Waals surface area contributed by atoms with Gasteiger partial charge in [0.05, 0.1) is 12.2 Å². The molecule has 0 aliphatic heterocycles. The Bertz CT molecular complexity index is 344. The summed E-state index contributed by atoms with van der Waals surface area (Å²) in [5, 5.41) is 0. The third kappa shape index (κ3) is 4.05. The summed E-state index contributed by atoms with van der Waals surface area (Å²) in [5.41, 5.74) is 1.87. The highest BCUT2D eigenvalue weighted by Gasteiger charge is 2.14. The zero-order valence-corrected chi connectivity index (χ0v) is 10.5. The van der Waals surface area contributed by atoms with Gasteiger partial charge in [-0.05, 0) is 29.5 Å². The van der Waals surface area contributed by atoms with Gasteiger partial charge in [0.1, 0.15) is 0 Å². The molecule has 1 aromatic carbocycles. The highest BCUT2D eigenvalue weighted by atomic mass is 16.5. The minimum Gasteiger partial charge on any atom is -0.462 e. The molecule has 0 unspecified atom stereocenters. The van der Waals surface area contributed by atoms with Crippen LogP contribution in [-0.4, -0.2) is 12.6 Å². The van der Waals surface area contributed by atoms with Gasteiger partial charge in [-0.3, -0.25) is 0 Å². The van der Waals surface area contributed by atoms with Crippen LogP contribution in [0.15, 0.2) is 24.3 Å². The molecular formula is C14H20O2. The maximum absolute atomic E-state index is 11.7. The molecule has 0 atom stereocenters. The summed E-state index contributed by atoms with van der Waals surface area (Å²) in [6.07, 6.45) is 0.983. The zero-order chi connectivity index (χ0) is 12.2. The summed E-state index contributed by atoms with van der Waals surface area (Å²) < 4.78 is 5.23. The highest BCUT2D eigenvalue weighted by molar-refractivity contribution is 5.89. The fraction of sp³-hybridized carbons (Fsp3) is 0.500. The van der Waals surface area contributed by atoms with Crippen molar-refractivity contribution < 1.29 is 9.53 Å². The van der Waals surface area contributed by atoms with Crippen LogP contribution >= 0.6 is 0 Å². The van der Waals surface area contributed by atoms with E-state index in [2.05, 4.69) is 6.92 Å². The predicted octanol–water partition coefficient (Wildman–Crippen LogP) is 3.45. The van der Waals surface area contributed by atoms with Crippen molar-refractivity contribution in [3.05, 3.63) is 35.4 Å². The van der Waals surface area contributed by atoms with Crippen LogP contribution in [0.4, 0.5) is 0 Å². The number of aryl methyl sites for hydroxylation is 1. The molecule has 0 aromatic heterocycles. The van der Waals surface area contributed by atoms with Gasteiger partial charge in [-0.2, -0.15) is 0 Å². The first kappa shape index (κ1) is 12.8. The fourth-order valence-corrected chi connectivity index (χ4v) is 1.24. The molecule has 0 radical (unpaired) electrons. The number of carbonyl (C=O) groups is 1. The fourth-order valence-electron chi connectivity index (χ4n) is 1.24. The minimum atomic E-state index is -0.238. The summed E-state index contributed by atoms with van der Waals surface area (Å²) in [4.78, 5) is 11.7. The number of carbonyl (C=O) groups excluding carboxylic acids is 1. The molecule has 0 aliphatic rings. The molecule has 16 heavy (non-hydrogen) atoms. The largest absolute Gasteiger partial charge is 0.462 e. The number of ether oxygens (including phenoxy) is 1. The van der Waals surface area contributed by atoms with Gasteiger partial charge in [0.15, 0.2) is 0 Å². The van der Waals surface area contributed by atoms with Crippen LogP contribution in [0.2, 0.25) is 0 Å². The summed E-state index contributed by atoms with van der Waals surface area (Å²) in [6.45, 7) is 8.66. The van der Waals surface area contributed by atoms with Crippen molar-refractivity contribution in [3.63, 3.8) is 0 Å². The predicted molar refractivity (Wildman–Crippen MR) is 65.6 cm³/mol. The lowest BCUT2D eigenvalue weighted by Gasteiger charge is -2.17. The first-order valence-electron chi connectivity index (χ1n) is 5.68. The van der Waals surface area contributed by atoms with E-state index in [0.29, 0.717) is 12.2 Å². The van der Waals surface area contributed by atoms with Gasteiger partial charge in [0.25, 0.3) is 0 Å². The first-order valence-corrected chi connectivity index (χ1v) is 5.68. The van der Waals surface area contributed by atoms with Crippen molar-refractivity contribution in [2.45, 2.75) is 34.1 Å². The van der Waals surface area contributed by atoms with Crippen LogP contribution in [0.5, 0.6) is 0 Å². The molecule has 0 amide bonds. The third-order valence-electron chi connectivity index (χ3n) is 2.23. The lowest BCUT2D eigenvalue weighted by molar-refractivity contribution is 0.0367. The van der Waals surface area contributed by atoms with Crippen molar-refractivity contribution >= 4 is 5.97 Å². The standard InChI is InChI=1S/C14H20O2/c1-5-11-6-8-12(9-7-11)13(15)16-10-14(2,3)4/h6-9H,5,10H2,1-4H3. The summed E-state index contributed by atoms with van der Waals surface area (Å²) >= 11 is 0. The van der Waals surface area contributed by atoms with E-state index in [1.54, 1.807) is 0 Å². The Morgan fingerprint density at radius 2 is 1.75 bits per heavy atom. The van der Waals surface area contributed by atoms with Gasteiger partial charge in [-0.1, -0.05) is 39.8 Å². The molecule has 0 spiro atoms. The molecule has 0 N–H and O–H groups in total. The normalized spacial score (nSPS) is 11.2. The van der Waals surface area contributed by atoms with Crippen LogP contribution in [0.1, 0.15) is 43.6 Å². The van der Waals surface area contributed by atoms with Gasteiger partial charge in [0, 0.05) is 0 Å². The van der Waals surface area contributed by atoms with Crippen LogP contribution < -0.4 is 0 Å². The van der Waals surface area contributed by atoms with Crippen molar-refractivity contribution in [1.82, 2.24) is 0 Å². The van der Waals surface area contributed by atoms with Crippen molar-refractivity contribution in [2.75, 3.05) is 6.61 Å². The van der Waals surface area contributed by atoms with E-state index >= 15 is 0 Å². The third-order valence-corrected chi connectivity index (χ3v) is 2.23. The highest BCUT2D eigenvalue weighted by Crippen LogP contribution is 2.14. The lowest BCUT2D eigenvalue weighted by Crippen LogP contribution is -2.18. The SMILES string of the molecule is CCc1ccc(C(=O)OCC(C)(C)C)cc1. The summed E-state index contributed by atoms with van der Waals surface area (Å²) in [7, 11) is 0. The molecular weight excluding hydrogens is 200 g/mol. The maximum Gasteiger partial charge on any atom is 0.338 e. The molecule has 0 aliphatic carbocycles. The molecule has 1 aromatic rings. The molecule has 0 bridgehead atoms. The van der Waals surface area contributed by atoms with Crippen LogP contribution in [-0.2, 0) is 11.2 Å². The quantitative estimate of drug-likeness (QED) is 0.729. The summed E-state index contributed by atoms with van der Waals surface area (Å²) in [5.74, 6) is -0.238. The monoisotopic (exact) mass is 220 g/mol. The average molecular weight is 220 g/mol. The van der Waals surface area contributed by atoms with Gasteiger partial charge < -0.3 is 4.74 Å². The van der Waals surface area contributed by atoms with Crippen LogP contribution in [0.25, 0.3) is 0 Å². The molecule has 88 valence electrons. The number of benzene rings is 1. The Kier molecular flexibility index (Phi) is 4.11. The van der Waals surface area contributed by atoms with Crippen LogP contribution in [0, 0.1) is 5.41 Å². The van der Waals surface area contributed by atoms with E-state index in [4.69, 9.17) is 4.74 Å². The van der Waals surface area contributed by atoms with E-state index in [-0.39, 0.29) is 11.4 Å². The van der Waals surface area contributed by atoms with Gasteiger partial charge >= 0.3 is 5.97 Å². The van der Waals surface area contributed by atoms with E-state index in [0.717, 1.165) is 6.42 Å². The summed E-state index contributed by atoms with van der Waals surface area (Å²) in [6, 6.07) is 7.58. The van der Waals surface area contributed by atoms with Crippen molar-refractivity contribution in [2.24, 2.45) is 5.41 Å². The maximum atomic E-state index is 11.7. The topological polar surface area (TPSA) is 26.3 Å². The zero-order valence-electron chi connectivity index (χ0n) is 10.5. The van der Waals surface area contributed by atoms with E-state index in [9.17, 15) is 4.79 Å². The Balaban J connectivity index is 2.59. The molecule has 2 nitrogen and oxygen atoms in total. The second-order valence-electron chi connectivity index (χ2n) is 5.19. The Labute approximate surface area is 97.6 Å². The van der Waals surface area contributed by atoms with Gasteiger partial charge in [-0.25, -0.2) is 4.79 Å². The van der Waals surface area contributed by atoms with Gasteiger partial charge in [0.2, 0.25) is 0 Å². The average Bonchev–Trinajstić information content (AvgIpc) is 2.25. The molecule has 0 saturated heterocycles. The van der Waals surface area contributed by atoms with Crippen molar-refractivity contribution in [1.29, 1.82) is 0 Å². The van der Waals surface area contributed by atoms with Crippen molar-refractivity contribution in [3.8, 4) is 0 Å². The number of esters is 1. The Morgan fingerprint density at radius 1 is 1.19 bits per heavy atom. The molecule has 0 saturated carbocycles. The molecule has 2 heteroatoms. The minimum absolute atomic E-state index is 0.0129. The smallest absolute Gasteiger partial charge is 0.338 e. The first-order chi connectivity index (χ1) is 7.42.